The molecule has 0 radical (unpaired) electrons. The minimum Gasteiger partial charge on any atom is -0.547 e. The zero-order valence-corrected chi connectivity index (χ0v) is 9.65. The molecule has 1 nitrogen and oxygen atoms in total. The quantitative estimate of drug-likeness (QED) is 0.654. The first-order valence-corrected chi connectivity index (χ1v) is 7.49. The highest BCUT2D eigenvalue weighted by Crippen LogP contribution is 2.12. The van der Waals surface area contributed by atoms with E-state index in [2.05, 4.69) is 13.5 Å². The van der Waals surface area contributed by atoms with Crippen molar-refractivity contribution in [2.24, 2.45) is 0 Å². The fourth-order valence-corrected chi connectivity index (χ4v) is 3.00. The van der Waals surface area contributed by atoms with Crippen LogP contribution < -0.4 is 4.43 Å². The highest BCUT2D eigenvalue weighted by Gasteiger charge is 2.04. The van der Waals surface area contributed by atoms with Crippen LogP contribution >= 0.6 is 0 Å². The Labute approximate surface area is 82.5 Å². The average Bonchev–Trinajstić information content (AvgIpc) is 2.16. The normalized spacial score (nSPS) is 12.5. The molecule has 0 aliphatic carbocycles. The van der Waals surface area contributed by atoms with Gasteiger partial charge in [0.2, 0.25) is 9.04 Å². The average molecular weight is 194 g/mol. The summed E-state index contributed by atoms with van der Waals surface area (Å²) < 4.78 is 5.86. The van der Waals surface area contributed by atoms with Crippen molar-refractivity contribution < 1.29 is 4.43 Å². The van der Waals surface area contributed by atoms with E-state index in [1.54, 1.807) is 0 Å². The molecule has 0 aliphatic heterocycles. The maximum Gasteiger partial charge on any atom is 0.232 e. The molecule has 0 N–H and O–H groups in total. The van der Waals surface area contributed by atoms with Gasteiger partial charge in [-0.3, -0.25) is 0 Å². The maximum atomic E-state index is 5.86. The van der Waals surface area contributed by atoms with Crippen LogP contribution in [-0.4, -0.2) is 9.04 Å². The van der Waals surface area contributed by atoms with Crippen molar-refractivity contribution in [3.05, 3.63) is 30.3 Å². The van der Waals surface area contributed by atoms with Crippen LogP contribution in [0.3, 0.4) is 0 Å². The highest BCUT2D eigenvalue weighted by molar-refractivity contribution is 6.51. The van der Waals surface area contributed by atoms with Crippen molar-refractivity contribution in [1.29, 1.82) is 0 Å². The van der Waals surface area contributed by atoms with Gasteiger partial charge >= 0.3 is 0 Å². The molecule has 0 heterocycles. The Balaban J connectivity index is 2.32. The van der Waals surface area contributed by atoms with Gasteiger partial charge in [0, 0.05) is 0 Å². The largest absolute Gasteiger partial charge is 0.547 e. The molecule has 0 spiro atoms. The lowest BCUT2D eigenvalue weighted by Gasteiger charge is -2.12. The van der Waals surface area contributed by atoms with Crippen LogP contribution in [0.2, 0.25) is 12.6 Å². The SMILES string of the molecule is CCCC[SiH](C)Oc1ccccc1. The Kier molecular flexibility index (Phi) is 4.61. The van der Waals surface area contributed by atoms with Gasteiger partial charge in [0.1, 0.15) is 5.75 Å². The molecule has 13 heavy (non-hydrogen) atoms. The van der Waals surface area contributed by atoms with Crippen molar-refractivity contribution in [3.63, 3.8) is 0 Å². The van der Waals surface area contributed by atoms with Gasteiger partial charge in [-0.1, -0.05) is 38.0 Å². The van der Waals surface area contributed by atoms with Gasteiger partial charge in [0.15, 0.2) is 0 Å². The monoisotopic (exact) mass is 194 g/mol. The molecule has 0 fully saturated rings. The molecule has 72 valence electrons. The molecular weight excluding hydrogens is 176 g/mol. The fraction of sp³-hybridized carbons (Fsp3) is 0.455. The molecular formula is C11H18OSi. The number of para-hydroxylation sites is 1. The van der Waals surface area contributed by atoms with Crippen LogP contribution in [0.15, 0.2) is 30.3 Å². The van der Waals surface area contributed by atoms with Crippen molar-refractivity contribution >= 4 is 9.04 Å². The van der Waals surface area contributed by atoms with E-state index in [1.165, 1.54) is 18.9 Å². The Bertz CT molecular complexity index is 223. The van der Waals surface area contributed by atoms with Gasteiger partial charge in [0.05, 0.1) is 0 Å². The van der Waals surface area contributed by atoms with Crippen molar-refractivity contribution in [3.8, 4) is 5.75 Å². The molecule has 0 aromatic heterocycles. The van der Waals surface area contributed by atoms with Crippen molar-refractivity contribution in [1.82, 2.24) is 0 Å². The van der Waals surface area contributed by atoms with Crippen LogP contribution in [0.1, 0.15) is 19.8 Å². The number of hydrogen-bond donors (Lipinski definition) is 0. The van der Waals surface area contributed by atoms with Crippen LogP contribution in [0.4, 0.5) is 0 Å². The van der Waals surface area contributed by atoms with E-state index in [9.17, 15) is 0 Å². The third-order valence-electron chi connectivity index (χ3n) is 2.04. The summed E-state index contributed by atoms with van der Waals surface area (Å²) in [6.07, 6.45) is 2.58. The predicted octanol–water partition coefficient (Wildman–Crippen LogP) is 3.22. The molecule has 0 saturated carbocycles. The second-order valence-electron chi connectivity index (χ2n) is 3.38. The summed E-state index contributed by atoms with van der Waals surface area (Å²) in [6, 6.07) is 11.4. The topological polar surface area (TPSA) is 9.23 Å². The standard InChI is InChI=1S/C11H18OSi/c1-3-4-10-13(2)12-11-8-6-5-7-9-11/h5-9,13H,3-4,10H2,1-2H3. The molecule has 0 amide bonds. The number of unbranched alkanes of at least 4 members (excludes halogenated alkanes) is 1. The fourth-order valence-electron chi connectivity index (χ4n) is 1.28. The molecule has 1 aromatic carbocycles. The van der Waals surface area contributed by atoms with Crippen molar-refractivity contribution in [2.45, 2.75) is 32.4 Å². The Hall–Kier alpha value is -0.763. The Morgan fingerprint density at radius 1 is 1.23 bits per heavy atom. The van der Waals surface area contributed by atoms with Gasteiger partial charge in [-0.2, -0.15) is 0 Å². The van der Waals surface area contributed by atoms with E-state index in [-0.39, 0.29) is 0 Å². The molecule has 1 aromatic rings. The second-order valence-corrected chi connectivity index (χ2v) is 5.82. The molecule has 0 bridgehead atoms. The first-order valence-electron chi connectivity index (χ1n) is 5.04. The lowest BCUT2D eigenvalue weighted by Crippen LogP contribution is -2.16. The van der Waals surface area contributed by atoms with Crippen molar-refractivity contribution in [2.75, 3.05) is 0 Å². The van der Waals surface area contributed by atoms with E-state index in [4.69, 9.17) is 4.43 Å². The number of hydrogen-bond acceptors (Lipinski definition) is 1. The van der Waals surface area contributed by atoms with E-state index in [1.807, 2.05) is 30.3 Å². The lowest BCUT2D eigenvalue weighted by molar-refractivity contribution is 0.567. The van der Waals surface area contributed by atoms with Crippen LogP contribution in [0, 0.1) is 0 Å². The minimum atomic E-state index is -0.946. The lowest BCUT2D eigenvalue weighted by atomic mass is 10.3. The first kappa shape index (κ1) is 10.3. The smallest absolute Gasteiger partial charge is 0.232 e. The Morgan fingerprint density at radius 2 is 1.92 bits per heavy atom. The van der Waals surface area contributed by atoms with E-state index < -0.39 is 9.04 Å². The molecule has 1 unspecified atom stereocenters. The zero-order chi connectivity index (χ0) is 9.52. The van der Waals surface area contributed by atoms with Gasteiger partial charge in [0.25, 0.3) is 0 Å². The number of benzene rings is 1. The third kappa shape index (κ3) is 4.13. The first-order chi connectivity index (χ1) is 6.33. The second kappa shape index (κ2) is 5.81. The van der Waals surface area contributed by atoms with Crippen LogP contribution in [0.5, 0.6) is 5.75 Å². The summed E-state index contributed by atoms with van der Waals surface area (Å²) in [5.74, 6) is 1.04. The predicted molar refractivity (Wildman–Crippen MR) is 59.8 cm³/mol. The van der Waals surface area contributed by atoms with Crippen LogP contribution in [-0.2, 0) is 0 Å². The molecule has 0 saturated heterocycles. The third-order valence-corrected chi connectivity index (χ3v) is 3.94. The summed E-state index contributed by atoms with van der Waals surface area (Å²) in [7, 11) is -0.946. The zero-order valence-electron chi connectivity index (χ0n) is 8.49. The summed E-state index contributed by atoms with van der Waals surface area (Å²) in [5.41, 5.74) is 0. The highest BCUT2D eigenvalue weighted by atomic mass is 28.3. The summed E-state index contributed by atoms with van der Waals surface area (Å²) in [5, 5.41) is 0. The minimum absolute atomic E-state index is 0.946. The van der Waals surface area contributed by atoms with E-state index in [0.29, 0.717) is 0 Å². The molecule has 1 atom stereocenters. The van der Waals surface area contributed by atoms with Gasteiger partial charge in [-0.05, 0) is 24.7 Å². The van der Waals surface area contributed by atoms with Gasteiger partial charge in [-0.15, -0.1) is 0 Å². The molecule has 1 rings (SSSR count). The van der Waals surface area contributed by atoms with Gasteiger partial charge in [-0.25, -0.2) is 0 Å². The number of rotatable bonds is 5. The maximum absolute atomic E-state index is 5.86. The summed E-state index contributed by atoms with van der Waals surface area (Å²) in [4.78, 5) is 0. The van der Waals surface area contributed by atoms with E-state index >= 15 is 0 Å². The molecule has 2 heteroatoms. The summed E-state index contributed by atoms with van der Waals surface area (Å²) >= 11 is 0. The summed E-state index contributed by atoms with van der Waals surface area (Å²) in [6.45, 7) is 4.49. The van der Waals surface area contributed by atoms with Gasteiger partial charge < -0.3 is 4.43 Å². The van der Waals surface area contributed by atoms with Crippen LogP contribution in [0.25, 0.3) is 0 Å². The van der Waals surface area contributed by atoms with E-state index in [0.717, 1.165) is 5.75 Å². The Morgan fingerprint density at radius 3 is 2.54 bits per heavy atom. The molecule has 0 aliphatic rings.